The number of ketones is 1. The van der Waals surface area contributed by atoms with Crippen LogP contribution in [0.5, 0.6) is 0 Å². The van der Waals surface area contributed by atoms with Crippen molar-refractivity contribution in [1.29, 1.82) is 0 Å². The zero-order valence-corrected chi connectivity index (χ0v) is 42.5. The fourth-order valence-electron chi connectivity index (χ4n) is 7.93. The van der Waals surface area contributed by atoms with Crippen molar-refractivity contribution in [1.82, 2.24) is 4.98 Å². The molecule has 3 nitrogen and oxygen atoms in total. The molecule has 2 aromatic heterocycles. The number of hydrogen-bond acceptors (Lipinski definition) is 4. The van der Waals surface area contributed by atoms with Crippen LogP contribution in [0.2, 0.25) is 39.3 Å². The SMILES string of the molecule is CC(C)(C)Cc1ccc2c(c1)sc1c(-c3[c-]c4cc(-c5ccccc5)ccc4c([Si](C)(C)C)c3)ncc([Si](C)(C)C)c12.CCC(CC)C(=O)/C=C(\O)C(CC)CC.[Ir]. The van der Waals surface area contributed by atoms with Crippen molar-refractivity contribution >= 4 is 74.6 Å². The summed E-state index contributed by atoms with van der Waals surface area (Å²) in [7, 11) is -3.31. The molecule has 0 spiro atoms. The minimum absolute atomic E-state index is 0. The fourth-order valence-corrected chi connectivity index (χ4v) is 12.4. The molecular formula is C51H66IrNO2SSi2-. The summed E-state index contributed by atoms with van der Waals surface area (Å²) in [5, 5.41) is 18.0. The molecule has 0 saturated carbocycles. The fraction of sp³-hybridized carbons (Fsp3) is 0.412. The van der Waals surface area contributed by atoms with E-state index in [2.05, 4.69) is 145 Å². The van der Waals surface area contributed by atoms with E-state index in [4.69, 9.17) is 4.98 Å². The van der Waals surface area contributed by atoms with Crippen LogP contribution in [0.3, 0.4) is 0 Å². The summed E-state index contributed by atoms with van der Waals surface area (Å²) < 4.78 is 2.69. The van der Waals surface area contributed by atoms with Gasteiger partial charge in [0.2, 0.25) is 0 Å². The number of rotatable bonds is 12. The smallest absolute Gasteiger partial charge is 0.162 e. The Morgan fingerprint density at radius 2 is 1.38 bits per heavy atom. The van der Waals surface area contributed by atoms with E-state index >= 15 is 0 Å². The second kappa shape index (κ2) is 19.5. The summed E-state index contributed by atoms with van der Waals surface area (Å²) in [5.41, 5.74) is 6.35. The number of aliphatic hydroxyl groups is 1. The summed E-state index contributed by atoms with van der Waals surface area (Å²) in [6, 6.07) is 31.1. The minimum Gasteiger partial charge on any atom is -0.512 e. The quantitative estimate of drug-likeness (QED) is 0.0575. The molecule has 1 radical (unpaired) electrons. The van der Waals surface area contributed by atoms with Crippen molar-refractivity contribution in [3.63, 3.8) is 0 Å². The monoisotopic (exact) mass is 1010 g/mol. The Morgan fingerprint density at radius 3 is 1.95 bits per heavy atom. The van der Waals surface area contributed by atoms with Crippen molar-refractivity contribution in [2.75, 3.05) is 0 Å². The molecule has 0 saturated heterocycles. The van der Waals surface area contributed by atoms with E-state index in [1.165, 1.54) is 64.1 Å². The van der Waals surface area contributed by atoms with Gasteiger partial charge in [-0.05, 0) is 70.7 Å². The van der Waals surface area contributed by atoms with Crippen molar-refractivity contribution in [3.8, 4) is 22.4 Å². The van der Waals surface area contributed by atoms with Gasteiger partial charge in [0.1, 0.15) is 0 Å². The third-order valence-electron chi connectivity index (χ3n) is 11.2. The maximum atomic E-state index is 11.7. The van der Waals surface area contributed by atoms with Gasteiger partial charge in [-0.25, -0.2) is 0 Å². The number of carbonyl (C=O) groups is 1. The van der Waals surface area contributed by atoms with Crippen LogP contribution in [-0.2, 0) is 31.3 Å². The number of thiophene rings is 1. The first-order valence-electron chi connectivity index (χ1n) is 21.1. The van der Waals surface area contributed by atoms with Gasteiger partial charge in [0.15, 0.2) is 5.78 Å². The second-order valence-electron chi connectivity index (χ2n) is 19.1. The van der Waals surface area contributed by atoms with E-state index in [1.54, 1.807) is 0 Å². The molecule has 0 atom stereocenters. The molecule has 1 N–H and O–H groups in total. The van der Waals surface area contributed by atoms with Crippen molar-refractivity contribution < 1.29 is 30.0 Å². The van der Waals surface area contributed by atoms with Gasteiger partial charge in [-0.1, -0.05) is 159 Å². The molecule has 0 fully saturated rings. The number of fused-ring (bicyclic) bond motifs is 4. The number of hydrogen-bond donors (Lipinski definition) is 1. The molecule has 0 aliphatic carbocycles. The van der Waals surface area contributed by atoms with Crippen LogP contribution in [0.1, 0.15) is 79.7 Å². The molecule has 6 aromatic rings. The van der Waals surface area contributed by atoms with Gasteiger partial charge < -0.3 is 5.11 Å². The van der Waals surface area contributed by atoms with Crippen LogP contribution >= 0.6 is 11.3 Å². The first-order valence-corrected chi connectivity index (χ1v) is 29.0. The number of carbonyl (C=O) groups excluding carboxylic acids is 1. The molecule has 6 rings (SSSR count). The van der Waals surface area contributed by atoms with Crippen LogP contribution in [0.4, 0.5) is 0 Å². The van der Waals surface area contributed by atoms with Crippen molar-refractivity contribution in [2.45, 2.75) is 120 Å². The summed E-state index contributed by atoms with van der Waals surface area (Å²) >= 11 is 1.92. The van der Waals surface area contributed by atoms with E-state index in [-0.39, 0.29) is 48.9 Å². The zero-order chi connectivity index (χ0) is 41.9. The average Bonchev–Trinajstić information content (AvgIpc) is 3.52. The maximum absolute atomic E-state index is 11.7. The van der Waals surface area contributed by atoms with Crippen molar-refractivity contribution in [2.24, 2.45) is 17.3 Å². The molecule has 2 heterocycles. The number of nitrogens with zero attached hydrogens (tertiary/aromatic N) is 1. The first kappa shape index (κ1) is 47.5. The predicted octanol–water partition coefficient (Wildman–Crippen LogP) is 14.3. The molecule has 4 aromatic carbocycles. The van der Waals surface area contributed by atoms with Crippen LogP contribution in [-0.4, -0.2) is 32.0 Å². The van der Waals surface area contributed by atoms with Crippen molar-refractivity contribution in [3.05, 3.63) is 102 Å². The van der Waals surface area contributed by atoms with E-state index in [0.717, 1.165) is 43.4 Å². The topological polar surface area (TPSA) is 50.2 Å². The number of aliphatic hydroxyl groups excluding tert-OH is 1. The van der Waals surface area contributed by atoms with Gasteiger partial charge in [-0.15, -0.1) is 40.1 Å². The normalized spacial score (nSPS) is 12.6. The Kier molecular flexibility index (Phi) is 15.9. The van der Waals surface area contributed by atoms with E-state index in [9.17, 15) is 9.90 Å². The summed E-state index contributed by atoms with van der Waals surface area (Å²) in [6.07, 6.45) is 8.18. The number of pyridine rings is 1. The molecule has 0 bridgehead atoms. The number of allylic oxidation sites excluding steroid dienone is 2. The Morgan fingerprint density at radius 1 is 0.776 bits per heavy atom. The predicted molar refractivity (Wildman–Crippen MR) is 257 cm³/mol. The second-order valence-corrected chi connectivity index (χ2v) is 30.2. The number of aromatic nitrogens is 1. The van der Waals surface area contributed by atoms with Crippen LogP contribution < -0.4 is 10.4 Å². The Hall–Kier alpha value is -3.20. The van der Waals surface area contributed by atoms with Gasteiger partial charge in [0.25, 0.3) is 0 Å². The first-order chi connectivity index (χ1) is 26.8. The maximum Gasteiger partial charge on any atom is 0.162 e. The minimum atomic E-state index is -1.67. The van der Waals surface area contributed by atoms with Crippen LogP contribution in [0.15, 0.2) is 90.8 Å². The molecule has 311 valence electrons. The van der Waals surface area contributed by atoms with Gasteiger partial charge >= 0.3 is 0 Å². The van der Waals surface area contributed by atoms with Crippen LogP contribution in [0.25, 0.3) is 53.3 Å². The van der Waals surface area contributed by atoms with E-state index in [0.29, 0.717) is 0 Å². The van der Waals surface area contributed by atoms with E-state index in [1.807, 2.05) is 39.0 Å². The third kappa shape index (κ3) is 11.1. The van der Waals surface area contributed by atoms with E-state index < -0.39 is 16.1 Å². The van der Waals surface area contributed by atoms with Crippen LogP contribution in [0, 0.1) is 23.3 Å². The molecule has 7 heteroatoms. The Balaban J connectivity index is 0.000000398. The molecule has 0 unspecified atom stereocenters. The molecule has 0 aliphatic rings. The molecule has 0 amide bonds. The summed E-state index contributed by atoms with van der Waals surface area (Å²) in [4.78, 5) is 17.0. The standard InChI is InChI=1S/C38H42NSSi2.C13H24O2.Ir/c1-38(2,3)23-25-15-17-31-32(19-25)40-37-35(31)34(42(7,8)9)24-39-36(37)29-21-28-20-27(26-13-11-10-12-14-26)16-18-30(28)33(22-29)41(4,5)6;1-5-10(6-2)12(14)9-13(15)11(7-3)8-4;/h10-20,22,24H,23H2,1-9H3;9-11,14H,5-8H2,1-4H3;/q-1;;/b;12-9-;. The van der Waals surface area contributed by atoms with Gasteiger partial charge in [0.05, 0.1) is 21.9 Å². The van der Waals surface area contributed by atoms with Gasteiger partial charge in [-0.2, -0.15) is 0 Å². The van der Waals surface area contributed by atoms with Gasteiger partial charge in [0, 0.05) is 59.3 Å². The summed E-state index contributed by atoms with van der Waals surface area (Å²) in [6.45, 7) is 29.7. The molecular weight excluding hydrogens is 939 g/mol. The Bertz CT molecular complexity index is 2370. The number of benzene rings is 4. The summed E-state index contributed by atoms with van der Waals surface area (Å²) in [5.74, 6) is 0.547. The Labute approximate surface area is 369 Å². The zero-order valence-electron chi connectivity index (χ0n) is 37.3. The third-order valence-corrected chi connectivity index (χ3v) is 16.4. The molecule has 0 aliphatic heterocycles. The largest absolute Gasteiger partial charge is 0.512 e. The average molecular weight is 1010 g/mol. The molecule has 58 heavy (non-hydrogen) atoms. The van der Waals surface area contributed by atoms with Gasteiger partial charge in [-0.3, -0.25) is 9.78 Å².